The molecule has 2 aromatic heterocycles. The van der Waals surface area contributed by atoms with Crippen molar-refractivity contribution in [2.45, 2.75) is 6.92 Å². The molecule has 0 unspecified atom stereocenters. The van der Waals surface area contributed by atoms with E-state index in [1.807, 2.05) is 36.4 Å². The predicted octanol–water partition coefficient (Wildman–Crippen LogP) is 5.55. The lowest BCUT2D eigenvalue weighted by Crippen LogP contribution is -1.94. The third-order valence-corrected chi connectivity index (χ3v) is 3.82. The van der Waals surface area contributed by atoms with E-state index in [-0.39, 0.29) is 0 Å². The van der Waals surface area contributed by atoms with Crippen molar-refractivity contribution in [2.24, 2.45) is 0 Å². The van der Waals surface area contributed by atoms with E-state index >= 15 is 0 Å². The van der Waals surface area contributed by atoms with Crippen molar-refractivity contribution in [3.05, 3.63) is 78.6 Å². The number of nitrogens with zero attached hydrogens (tertiary/aromatic N) is 1. The first-order valence-electron chi connectivity index (χ1n) is 7.57. The SMILES string of the molecule is Cc1ccc(Nc2cc(-c3ccco3)nc3ccccc23)cc1. The fourth-order valence-corrected chi connectivity index (χ4v) is 2.62. The topological polar surface area (TPSA) is 38.1 Å². The lowest BCUT2D eigenvalue weighted by Gasteiger charge is -2.11. The van der Waals surface area contributed by atoms with Gasteiger partial charge in [-0.05, 0) is 43.3 Å². The molecule has 3 heteroatoms. The fourth-order valence-electron chi connectivity index (χ4n) is 2.62. The highest BCUT2D eigenvalue weighted by Crippen LogP contribution is 2.30. The van der Waals surface area contributed by atoms with Crippen LogP contribution >= 0.6 is 0 Å². The van der Waals surface area contributed by atoms with Crippen molar-refractivity contribution in [3.63, 3.8) is 0 Å². The molecule has 2 aromatic carbocycles. The molecule has 0 radical (unpaired) electrons. The molecule has 0 amide bonds. The fraction of sp³-hybridized carbons (Fsp3) is 0.0500. The van der Waals surface area contributed by atoms with Crippen LogP contribution in [-0.2, 0) is 0 Å². The zero-order chi connectivity index (χ0) is 15.6. The second-order valence-electron chi connectivity index (χ2n) is 5.54. The number of aromatic nitrogens is 1. The minimum Gasteiger partial charge on any atom is -0.463 e. The molecule has 4 rings (SSSR count). The summed E-state index contributed by atoms with van der Waals surface area (Å²) in [5.74, 6) is 0.766. The molecule has 4 aromatic rings. The van der Waals surface area contributed by atoms with E-state index in [1.165, 1.54) is 5.56 Å². The smallest absolute Gasteiger partial charge is 0.152 e. The number of aryl methyl sites for hydroxylation is 1. The number of nitrogens with one attached hydrogen (secondary N) is 1. The highest BCUT2D eigenvalue weighted by molar-refractivity contribution is 5.95. The zero-order valence-electron chi connectivity index (χ0n) is 12.8. The molecular formula is C20H16N2O. The Morgan fingerprint density at radius 2 is 1.74 bits per heavy atom. The van der Waals surface area contributed by atoms with E-state index in [0.717, 1.165) is 33.7 Å². The summed E-state index contributed by atoms with van der Waals surface area (Å²) < 4.78 is 5.50. The Labute approximate surface area is 134 Å². The molecule has 0 atom stereocenters. The third-order valence-electron chi connectivity index (χ3n) is 3.82. The van der Waals surface area contributed by atoms with Gasteiger partial charge in [-0.2, -0.15) is 0 Å². The number of para-hydroxylation sites is 1. The number of pyridine rings is 1. The molecule has 0 saturated carbocycles. The Hall–Kier alpha value is -3.07. The lowest BCUT2D eigenvalue weighted by molar-refractivity contribution is 0.580. The summed E-state index contributed by atoms with van der Waals surface area (Å²) in [6, 6.07) is 22.3. The van der Waals surface area contributed by atoms with Gasteiger partial charge in [0, 0.05) is 11.1 Å². The largest absolute Gasteiger partial charge is 0.463 e. The van der Waals surface area contributed by atoms with Crippen LogP contribution < -0.4 is 5.32 Å². The molecule has 0 aliphatic heterocycles. The van der Waals surface area contributed by atoms with Gasteiger partial charge in [0.15, 0.2) is 5.76 Å². The van der Waals surface area contributed by atoms with E-state index in [2.05, 4.69) is 42.6 Å². The Morgan fingerprint density at radius 1 is 0.913 bits per heavy atom. The van der Waals surface area contributed by atoms with E-state index in [0.29, 0.717) is 0 Å². The first-order chi connectivity index (χ1) is 11.3. The van der Waals surface area contributed by atoms with Crippen LogP contribution in [-0.4, -0.2) is 4.98 Å². The average Bonchev–Trinajstić information content (AvgIpc) is 3.11. The van der Waals surface area contributed by atoms with Crippen LogP contribution in [0.15, 0.2) is 77.4 Å². The molecule has 0 bridgehead atoms. The second-order valence-corrected chi connectivity index (χ2v) is 5.54. The van der Waals surface area contributed by atoms with Gasteiger partial charge in [0.05, 0.1) is 17.5 Å². The van der Waals surface area contributed by atoms with Gasteiger partial charge in [0.25, 0.3) is 0 Å². The van der Waals surface area contributed by atoms with Gasteiger partial charge in [0.1, 0.15) is 5.69 Å². The molecule has 0 saturated heterocycles. The number of fused-ring (bicyclic) bond motifs is 1. The summed E-state index contributed by atoms with van der Waals surface area (Å²) in [4.78, 5) is 4.70. The number of furan rings is 1. The van der Waals surface area contributed by atoms with Crippen LogP contribution in [0.5, 0.6) is 0 Å². The molecule has 0 fully saturated rings. The Balaban J connectivity index is 1.84. The highest BCUT2D eigenvalue weighted by atomic mass is 16.3. The number of hydrogen-bond acceptors (Lipinski definition) is 3. The number of anilines is 2. The summed E-state index contributed by atoms with van der Waals surface area (Å²) in [5.41, 5.74) is 5.08. The van der Waals surface area contributed by atoms with Crippen molar-refractivity contribution in [3.8, 4) is 11.5 Å². The van der Waals surface area contributed by atoms with Gasteiger partial charge in [-0.15, -0.1) is 0 Å². The third kappa shape index (κ3) is 2.69. The summed E-state index contributed by atoms with van der Waals surface area (Å²) in [5, 5.41) is 4.58. The predicted molar refractivity (Wildman–Crippen MR) is 93.9 cm³/mol. The van der Waals surface area contributed by atoms with Gasteiger partial charge < -0.3 is 9.73 Å². The monoisotopic (exact) mass is 300 g/mol. The Morgan fingerprint density at radius 3 is 2.52 bits per heavy atom. The van der Waals surface area contributed by atoms with Crippen molar-refractivity contribution in [1.82, 2.24) is 4.98 Å². The van der Waals surface area contributed by atoms with Crippen LogP contribution in [0.1, 0.15) is 5.56 Å². The minimum atomic E-state index is 0.766. The van der Waals surface area contributed by atoms with Crippen molar-refractivity contribution >= 4 is 22.3 Å². The van der Waals surface area contributed by atoms with Crippen LogP contribution in [0.2, 0.25) is 0 Å². The Kier molecular flexibility index (Phi) is 3.31. The molecule has 112 valence electrons. The average molecular weight is 300 g/mol. The molecule has 0 aliphatic carbocycles. The summed E-state index contributed by atoms with van der Waals surface area (Å²) >= 11 is 0. The van der Waals surface area contributed by atoms with E-state index in [4.69, 9.17) is 9.40 Å². The first kappa shape index (κ1) is 13.6. The molecule has 0 aliphatic rings. The molecule has 2 heterocycles. The lowest BCUT2D eigenvalue weighted by atomic mass is 10.1. The molecule has 1 N–H and O–H groups in total. The highest BCUT2D eigenvalue weighted by Gasteiger charge is 2.09. The maximum absolute atomic E-state index is 5.50. The zero-order valence-corrected chi connectivity index (χ0v) is 12.8. The van der Waals surface area contributed by atoms with Crippen LogP contribution in [0.4, 0.5) is 11.4 Å². The number of hydrogen-bond donors (Lipinski definition) is 1. The summed E-state index contributed by atoms with van der Waals surface area (Å²) in [6.45, 7) is 2.08. The molecular weight excluding hydrogens is 284 g/mol. The quantitative estimate of drug-likeness (QED) is 0.539. The van der Waals surface area contributed by atoms with Gasteiger partial charge in [-0.3, -0.25) is 0 Å². The first-order valence-corrected chi connectivity index (χ1v) is 7.57. The van der Waals surface area contributed by atoms with Gasteiger partial charge in [-0.25, -0.2) is 4.98 Å². The van der Waals surface area contributed by atoms with Crippen LogP contribution in [0, 0.1) is 6.92 Å². The van der Waals surface area contributed by atoms with Crippen molar-refractivity contribution < 1.29 is 4.42 Å². The van der Waals surface area contributed by atoms with E-state index in [1.54, 1.807) is 6.26 Å². The standard InChI is InChI=1S/C20H16N2O/c1-14-8-10-15(11-9-14)21-18-13-19(20-7-4-12-23-20)22-17-6-3-2-5-16(17)18/h2-13H,1H3,(H,21,22). The van der Waals surface area contributed by atoms with Gasteiger partial charge in [0.2, 0.25) is 0 Å². The van der Waals surface area contributed by atoms with Crippen LogP contribution in [0.25, 0.3) is 22.4 Å². The maximum atomic E-state index is 5.50. The molecule has 0 spiro atoms. The van der Waals surface area contributed by atoms with Crippen molar-refractivity contribution in [1.29, 1.82) is 0 Å². The summed E-state index contributed by atoms with van der Waals surface area (Å²) in [6.07, 6.45) is 1.67. The maximum Gasteiger partial charge on any atom is 0.152 e. The van der Waals surface area contributed by atoms with Crippen LogP contribution in [0.3, 0.4) is 0 Å². The summed E-state index contributed by atoms with van der Waals surface area (Å²) in [7, 11) is 0. The van der Waals surface area contributed by atoms with Gasteiger partial charge >= 0.3 is 0 Å². The number of rotatable bonds is 3. The molecule has 3 nitrogen and oxygen atoms in total. The second kappa shape index (κ2) is 5.61. The number of benzene rings is 2. The van der Waals surface area contributed by atoms with E-state index < -0.39 is 0 Å². The minimum absolute atomic E-state index is 0.766. The van der Waals surface area contributed by atoms with Crippen molar-refractivity contribution in [2.75, 3.05) is 5.32 Å². The normalized spacial score (nSPS) is 10.8. The van der Waals surface area contributed by atoms with Gasteiger partial charge in [-0.1, -0.05) is 35.9 Å². The molecule has 23 heavy (non-hydrogen) atoms. The van der Waals surface area contributed by atoms with E-state index in [9.17, 15) is 0 Å². The Bertz CT molecular complexity index is 941.